The minimum atomic E-state index is -1.03. The molecule has 2 atom stereocenters. The van der Waals surface area contributed by atoms with Crippen LogP contribution in [0, 0.1) is 0 Å². The fraction of sp³-hybridized carbons (Fsp3) is 0.625. The Balaban J connectivity index is 2.72. The molecule has 2 unspecified atom stereocenters. The molecular formula is C8H12N2O4. The van der Waals surface area contributed by atoms with Crippen molar-refractivity contribution in [1.82, 2.24) is 10.2 Å². The number of hydrogen-bond donors (Lipinski definition) is 2. The van der Waals surface area contributed by atoms with Gasteiger partial charge in [-0.15, -0.1) is 0 Å². The topological polar surface area (TPSA) is 86.7 Å². The van der Waals surface area contributed by atoms with Gasteiger partial charge in [0.25, 0.3) is 5.91 Å². The molecule has 78 valence electrons. The second-order valence-electron chi connectivity index (χ2n) is 3.33. The number of nitrogens with zero attached hydrogens (tertiary/aromatic N) is 1. The van der Waals surface area contributed by atoms with Gasteiger partial charge in [0, 0.05) is 6.04 Å². The highest BCUT2D eigenvalue weighted by molar-refractivity contribution is 6.04. The van der Waals surface area contributed by atoms with Gasteiger partial charge in [0.05, 0.1) is 6.42 Å². The average Bonchev–Trinajstić information content (AvgIpc) is 2.25. The van der Waals surface area contributed by atoms with Gasteiger partial charge in [-0.2, -0.15) is 0 Å². The van der Waals surface area contributed by atoms with Crippen LogP contribution in [-0.4, -0.2) is 40.0 Å². The molecular weight excluding hydrogens is 188 g/mol. The van der Waals surface area contributed by atoms with Crippen LogP contribution in [0.5, 0.6) is 0 Å². The first-order valence-electron chi connectivity index (χ1n) is 4.29. The van der Waals surface area contributed by atoms with E-state index in [2.05, 4.69) is 5.32 Å². The molecule has 0 spiro atoms. The van der Waals surface area contributed by atoms with E-state index in [1.54, 1.807) is 6.92 Å². The van der Waals surface area contributed by atoms with E-state index in [9.17, 15) is 14.4 Å². The lowest BCUT2D eigenvalue weighted by Crippen LogP contribution is -2.40. The number of carboxylic acids is 1. The van der Waals surface area contributed by atoms with Gasteiger partial charge in [-0.05, 0) is 13.8 Å². The van der Waals surface area contributed by atoms with Crippen molar-refractivity contribution in [2.24, 2.45) is 0 Å². The molecule has 1 rings (SSSR count). The summed E-state index contributed by atoms with van der Waals surface area (Å²) >= 11 is 0. The number of carbonyl (C=O) groups is 3. The van der Waals surface area contributed by atoms with Crippen LogP contribution in [0.25, 0.3) is 0 Å². The molecule has 6 heteroatoms. The molecule has 1 aliphatic heterocycles. The number of carboxylic acid groups (broad SMARTS) is 1. The highest BCUT2D eigenvalue weighted by atomic mass is 16.4. The van der Waals surface area contributed by atoms with E-state index < -0.39 is 24.1 Å². The third-order valence-electron chi connectivity index (χ3n) is 2.08. The first-order chi connectivity index (χ1) is 6.43. The van der Waals surface area contributed by atoms with Gasteiger partial charge in [0.15, 0.2) is 0 Å². The SMILES string of the molecule is CC1NC(=O)N(C(C)CC(=O)O)C1=O. The first-order valence-corrected chi connectivity index (χ1v) is 4.29. The zero-order chi connectivity index (χ0) is 10.9. The number of urea groups is 1. The Morgan fingerprint density at radius 3 is 2.57 bits per heavy atom. The van der Waals surface area contributed by atoms with Crippen LogP contribution in [0.4, 0.5) is 4.79 Å². The molecule has 2 N–H and O–H groups in total. The number of nitrogens with one attached hydrogen (secondary N) is 1. The fourth-order valence-electron chi connectivity index (χ4n) is 1.39. The summed E-state index contributed by atoms with van der Waals surface area (Å²) in [6.45, 7) is 3.09. The summed E-state index contributed by atoms with van der Waals surface area (Å²) in [5.74, 6) is -1.40. The molecule has 1 aliphatic rings. The van der Waals surface area contributed by atoms with E-state index in [-0.39, 0.29) is 12.3 Å². The Kier molecular flexibility index (Phi) is 2.73. The predicted molar refractivity (Wildman–Crippen MR) is 46.6 cm³/mol. The number of carbonyl (C=O) groups excluding carboxylic acids is 2. The smallest absolute Gasteiger partial charge is 0.325 e. The van der Waals surface area contributed by atoms with E-state index in [4.69, 9.17) is 5.11 Å². The molecule has 1 saturated heterocycles. The summed E-state index contributed by atoms with van der Waals surface area (Å²) in [5.41, 5.74) is 0. The van der Waals surface area contributed by atoms with Crippen LogP contribution in [0.2, 0.25) is 0 Å². The molecule has 6 nitrogen and oxygen atoms in total. The van der Waals surface area contributed by atoms with Crippen LogP contribution >= 0.6 is 0 Å². The quantitative estimate of drug-likeness (QED) is 0.617. The molecule has 1 fully saturated rings. The van der Waals surface area contributed by atoms with E-state index >= 15 is 0 Å². The standard InChI is InChI=1S/C8H12N2O4/c1-4(3-6(11)12)10-7(13)5(2)9-8(10)14/h4-5H,3H2,1-2H3,(H,9,14)(H,11,12). The number of rotatable bonds is 3. The maximum absolute atomic E-state index is 11.4. The van der Waals surface area contributed by atoms with Crippen LogP contribution in [0.1, 0.15) is 20.3 Å². The van der Waals surface area contributed by atoms with Crippen LogP contribution < -0.4 is 5.32 Å². The van der Waals surface area contributed by atoms with Crippen molar-refractivity contribution in [3.63, 3.8) is 0 Å². The minimum absolute atomic E-state index is 0.230. The van der Waals surface area contributed by atoms with Crippen LogP contribution in [0.3, 0.4) is 0 Å². The second kappa shape index (κ2) is 3.65. The van der Waals surface area contributed by atoms with Gasteiger partial charge in [0.1, 0.15) is 6.04 Å². The summed E-state index contributed by atoms with van der Waals surface area (Å²) in [6, 6.07) is -1.68. The lowest BCUT2D eigenvalue weighted by atomic mass is 10.2. The highest BCUT2D eigenvalue weighted by Crippen LogP contribution is 2.12. The van der Waals surface area contributed by atoms with Gasteiger partial charge in [-0.1, -0.05) is 0 Å². The van der Waals surface area contributed by atoms with Gasteiger partial charge >= 0.3 is 12.0 Å². The Morgan fingerprint density at radius 2 is 2.21 bits per heavy atom. The lowest BCUT2D eigenvalue weighted by Gasteiger charge is -2.19. The Morgan fingerprint density at radius 1 is 1.64 bits per heavy atom. The Labute approximate surface area is 80.9 Å². The molecule has 0 aromatic carbocycles. The van der Waals surface area contributed by atoms with E-state index in [0.29, 0.717) is 0 Å². The first kappa shape index (κ1) is 10.5. The summed E-state index contributed by atoms with van der Waals surface area (Å²) < 4.78 is 0. The van der Waals surface area contributed by atoms with E-state index in [1.165, 1.54) is 6.92 Å². The monoisotopic (exact) mass is 200 g/mol. The molecule has 14 heavy (non-hydrogen) atoms. The fourth-order valence-corrected chi connectivity index (χ4v) is 1.39. The normalized spacial score (nSPS) is 23.6. The van der Waals surface area contributed by atoms with E-state index in [1.807, 2.05) is 0 Å². The maximum Gasteiger partial charge on any atom is 0.325 e. The number of hydrogen-bond acceptors (Lipinski definition) is 3. The maximum atomic E-state index is 11.4. The average molecular weight is 200 g/mol. The van der Waals surface area contributed by atoms with Crippen molar-refractivity contribution >= 4 is 17.9 Å². The summed E-state index contributed by atoms with van der Waals surface area (Å²) in [7, 11) is 0. The molecule has 0 aliphatic carbocycles. The molecule has 0 aromatic rings. The summed E-state index contributed by atoms with van der Waals surface area (Å²) in [6.07, 6.45) is -0.230. The highest BCUT2D eigenvalue weighted by Gasteiger charge is 2.38. The molecule has 1 heterocycles. The summed E-state index contributed by atoms with van der Waals surface area (Å²) in [5, 5.41) is 10.9. The van der Waals surface area contributed by atoms with Gasteiger partial charge < -0.3 is 10.4 Å². The molecule has 0 bridgehead atoms. The molecule has 0 radical (unpaired) electrons. The minimum Gasteiger partial charge on any atom is -0.481 e. The number of amides is 3. The molecule has 0 aromatic heterocycles. The summed E-state index contributed by atoms with van der Waals surface area (Å²) in [4.78, 5) is 34.0. The van der Waals surface area contributed by atoms with Gasteiger partial charge in [0.2, 0.25) is 0 Å². The largest absolute Gasteiger partial charge is 0.481 e. The predicted octanol–water partition coefficient (Wildman–Crippen LogP) is -0.210. The Hall–Kier alpha value is -1.59. The lowest BCUT2D eigenvalue weighted by molar-refractivity contribution is -0.138. The molecule has 3 amide bonds. The third-order valence-corrected chi connectivity index (χ3v) is 2.08. The van der Waals surface area contributed by atoms with Crippen molar-refractivity contribution in [3.05, 3.63) is 0 Å². The zero-order valence-corrected chi connectivity index (χ0v) is 7.98. The molecule has 0 saturated carbocycles. The Bertz CT molecular complexity index is 289. The van der Waals surface area contributed by atoms with Crippen molar-refractivity contribution in [3.8, 4) is 0 Å². The number of aliphatic carboxylic acids is 1. The van der Waals surface area contributed by atoms with Crippen LogP contribution in [-0.2, 0) is 9.59 Å². The van der Waals surface area contributed by atoms with Crippen LogP contribution in [0.15, 0.2) is 0 Å². The van der Waals surface area contributed by atoms with Crippen molar-refractivity contribution < 1.29 is 19.5 Å². The van der Waals surface area contributed by atoms with Crippen molar-refractivity contribution in [1.29, 1.82) is 0 Å². The third kappa shape index (κ3) is 1.84. The number of imide groups is 1. The van der Waals surface area contributed by atoms with Crippen molar-refractivity contribution in [2.75, 3.05) is 0 Å². The zero-order valence-electron chi connectivity index (χ0n) is 7.98. The van der Waals surface area contributed by atoms with Gasteiger partial charge in [-0.25, -0.2) is 4.79 Å². The van der Waals surface area contributed by atoms with E-state index in [0.717, 1.165) is 4.90 Å². The van der Waals surface area contributed by atoms with Crippen molar-refractivity contribution in [2.45, 2.75) is 32.4 Å². The van der Waals surface area contributed by atoms with Gasteiger partial charge in [-0.3, -0.25) is 14.5 Å². The second-order valence-corrected chi connectivity index (χ2v) is 3.33.